The van der Waals surface area contributed by atoms with Gasteiger partial charge in [0.15, 0.2) is 11.6 Å². The summed E-state index contributed by atoms with van der Waals surface area (Å²) in [6, 6.07) is 20.2. The molecule has 1 aliphatic carbocycles. The van der Waals surface area contributed by atoms with E-state index in [4.69, 9.17) is 8.92 Å². The molecule has 0 aromatic heterocycles. The Morgan fingerprint density at radius 1 is 0.926 bits per heavy atom. The summed E-state index contributed by atoms with van der Waals surface area (Å²) in [5.74, 6) is -1.22. The van der Waals surface area contributed by atoms with Crippen LogP contribution in [0.1, 0.15) is 81.8 Å². The number of rotatable bonds is 21. The molecule has 2 amide bonds. The molecule has 0 spiro atoms. The van der Waals surface area contributed by atoms with Crippen molar-refractivity contribution in [3.63, 3.8) is 0 Å². The Morgan fingerprint density at radius 2 is 1.67 bits per heavy atom. The third-order valence-corrected chi connectivity index (χ3v) is 11.6. The van der Waals surface area contributed by atoms with Crippen molar-refractivity contribution < 1.29 is 41.6 Å². The minimum Gasteiger partial charge on any atom is -0.508 e. The van der Waals surface area contributed by atoms with Crippen LogP contribution in [-0.2, 0) is 39.9 Å². The molecular weight excluding hydrogens is 709 g/mol. The molecule has 54 heavy (non-hydrogen) atoms. The first-order valence-electron chi connectivity index (χ1n) is 19.1. The number of carbonyl (C=O) groups is 4. The van der Waals surface area contributed by atoms with Crippen molar-refractivity contribution in [2.24, 2.45) is 11.8 Å². The molecule has 3 aromatic carbocycles. The molecular formula is C42H52N2O9S. The first-order chi connectivity index (χ1) is 26.0. The molecule has 2 N–H and O–H groups in total. The van der Waals surface area contributed by atoms with Crippen molar-refractivity contribution in [3.05, 3.63) is 90.0 Å². The normalized spacial score (nSPS) is 16.5. The number of hydrogen-bond acceptors (Lipinski definition) is 9. The number of ketones is 2. The Kier molecular flexibility index (Phi) is 14.8. The summed E-state index contributed by atoms with van der Waals surface area (Å²) in [5, 5.41) is 13.0. The summed E-state index contributed by atoms with van der Waals surface area (Å²) in [4.78, 5) is 56.6. The van der Waals surface area contributed by atoms with Gasteiger partial charge in [0.25, 0.3) is 10.1 Å². The van der Waals surface area contributed by atoms with E-state index in [1.54, 1.807) is 59.5 Å². The first-order valence-corrected chi connectivity index (χ1v) is 20.5. The number of unbranched alkanes of at least 4 members (excludes halogenated alkanes) is 1. The van der Waals surface area contributed by atoms with Crippen molar-refractivity contribution in [2.75, 3.05) is 19.8 Å². The molecule has 1 aliphatic heterocycles. The number of nitrogens with zero attached hydrogens (tertiary/aromatic N) is 1. The molecule has 3 aromatic rings. The maximum absolute atomic E-state index is 14.2. The van der Waals surface area contributed by atoms with E-state index in [0.717, 1.165) is 31.2 Å². The van der Waals surface area contributed by atoms with Gasteiger partial charge < -0.3 is 20.1 Å². The fraction of sp³-hybridized carbons (Fsp3) is 0.476. The smallest absolute Gasteiger partial charge is 0.296 e. The topological polar surface area (TPSA) is 156 Å². The molecule has 0 bridgehead atoms. The third kappa shape index (κ3) is 12.0. The summed E-state index contributed by atoms with van der Waals surface area (Å²) in [7, 11) is -3.94. The summed E-state index contributed by atoms with van der Waals surface area (Å²) in [5.41, 5.74) is 1.61. The number of hydrogen-bond donors (Lipinski definition) is 2. The maximum atomic E-state index is 14.2. The van der Waals surface area contributed by atoms with Crippen LogP contribution in [0.25, 0.3) is 0 Å². The standard InChI is InChI=1S/C42H52N2O9S/c1-30-19-21-36(22-20-30)54(50,51)53-24-8-7-17-37(39(46)27-31-11-5-6-12-31)43-42(49)33(29-52-35-15-3-2-4-16-35)28-40(47)38(44-23-10-18-41(44)48)26-32-13-9-14-34(45)25-32/h2-4,9,13-16,19-22,25,31,33,37-38,45H,5-8,10-12,17-18,23-24,26-29H2,1H3,(H,43,49)/t33-,37-,38-/m0/s1. The van der Waals surface area contributed by atoms with Crippen LogP contribution >= 0.6 is 0 Å². The van der Waals surface area contributed by atoms with Crippen LogP contribution in [0.4, 0.5) is 0 Å². The maximum Gasteiger partial charge on any atom is 0.296 e. The predicted molar refractivity (Wildman–Crippen MR) is 203 cm³/mol. The molecule has 0 unspecified atom stereocenters. The van der Waals surface area contributed by atoms with Gasteiger partial charge in [0.05, 0.1) is 29.5 Å². The van der Waals surface area contributed by atoms with Gasteiger partial charge in [0, 0.05) is 32.2 Å². The molecule has 3 atom stereocenters. The van der Waals surface area contributed by atoms with Crippen LogP contribution in [0.5, 0.6) is 11.5 Å². The van der Waals surface area contributed by atoms with Gasteiger partial charge >= 0.3 is 0 Å². The second-order valence-corrected chi connectivity index (χ2v) is 16.2. The van der Waals surface area contributed by atoms with Crippen molar-refractivity contribution >= 4 is 33.5 Å². The molecule has 1 saturated carbocycles. The highest BCUT2D eigenvalue weighted by atomic mass is 32.2. The molecule has 5 rings (SSSR count). The van der Waals surface area contributed by atoms with Gasteiger partial charge in [0.2, 0.25) is 11.8 Å². The second kappa shape index (κ2) is 19.7. The van der Waals surface area contributed by atoms with Crippen molar-refractivity contribution in [3.8, 4) is 11.5 Å². The number of phenols is 1. The summed E-state index contributed by atoms with van der Waals surface area (Å²) in [6.07, 6.45) is 6.28. The minimum absolute atomic E-state index is 0.0488. The molecule has 0 radical (unpaired) electrons. The van der Waals surface area contributed by atoms with Crippen LogP contribution in [0.15, 0.2) is 83.8 Å². The largest absolute Gasteiger partial charge is 0.508 e. The molecule has 2 fully saturated rings. The Bertz CT molecular complexity index is 1830. The predicted octanol–water partition coefficient (Wildman–Crippen LogP) is 6.10. The lowest BCUT2D eigenvalue weighted by atomic mass is 9.92. The van der Waals surface area contributed by atoms with E-state index in [1.165, 1.54) is 18.2 Å². The average Bonchev–Trinajstić information content (AvgIpc) is 3.83. The number of benzene rings is 3. The van der Waals surface area contributed by atoms with E-state index in [0.29, 0.717) is 50.0 Å². The van der Waals surface area contributed by atoms with Gasteiger partial charge in [-0.1, -0.05) is 73.7 Å². The highest BCUT2D eigenvalue weighted by molar-refractivity contribution is 7.86. The van der Waals surface area contributed by atoms with Gasteiger partial charge in [0.1, 0.15) is 18.1 Å². The number of nitrogens with one attached hydrogen (secondary N) is 1. The summed E-state index contributed by atoms with van der Waals surface area (Å²) >= 11 is 0. The van der Waals surface area contributed by atoms with Crippen LogP contribution in [0.3, 0.4) is 0 Å². The lowest BCUT2D eigenvalue weighted by Gasteiger charge is -2.29. The molecule has 11 nitrogen and oxygen atoms in total. The molecule has 1 saturated heterocycles. The van der Waals surface area contributed by atoms with Crippen LogP contribution in [0.2, 0.25) is 0 Å². The molecule has 290 valence electrons. The number of amides is 2. The highest BCUT2D eigenvalue weighted by Crippen LogP contribution is 2.29. The second-order valence-electron chi connectivity index (χ2n) is 14.5. The number of likely N-dealkylation sites (tertiary alicyclic amines) is 1. The van der Waals surface area contributed by atoms with Crippen LogP contribution in [-0.4, -0.2) is 73.6 Å². The number of aromatic hydroxyl groups is 1. The van der Waals surface area contributed by atoms with E-state index >= 15 is 0 Å². The quantitative estimate of drug-likeness (QED) is 0.0968. The lowest BCUT2D eigenvalue weighted by molar-refractivity contribution is -0.138. The number of aryl methyl sites for hydroxylation is 1. The SMILES string of the molecule is Cc1ccc(S(=O)(=O)OCCCC[C@H](NC(=O)[C@H](COc2ccccc2)CC(=O)[C@H](Cc2cccc(O)c2)N2CCCC2=O)C(=O)CC2CCCC2)cc1. The zero-order valence-corrected chi connectivity index (χ0v) is 31.8. The van der Waals surface area contributed by atoms with E-state index < -0.39 is 34.0 Å². The van der Waals surface area contributed by atoms with Crippen molar-refractivity contribution in [2.45, 2.75) is 101 Å². The fourth-order valence-electron chi connectivity index (χ4n) is 7.26. The van der Waals surface area contributed by atoms with Crippen molar-refractivity contribution in [1.82, 2.24) is 10.2 Å². The van der Waals surface area contributed by atoms with Gasteiger partial charge in [-0.3, -0.25) is 23.4 Å². The Hall–Kier alpha value is -4.55. The van der Waals surface area contributed by atoms with E-state index in [2.05, 4.69) is 5.32 Å². The van der Waals surface area contributed by atoms with E-state index in [-0.39, 0.29) is 66.5 Å². The number of ether oxygens (including phenoxy) is 1. The van der Waals surface area contributed by atoms with Crippen LogP contribution < -0.4 is 10.1 Å². The zero-order chi connectivity index (χ0) is 38.5. The van der Waals surface area contributed by atoms with Gasteiger partial charge in [-0.05, 0) is 80.5 Å². The average molecular weight is 761 g/mol. The van der Waals surface area contributed by atoms with Gasteiger partial charge in [-0.2, -0.15) is 8.42 Å². The first kappa shape index (κ1) is 40.6. The van der Waals surface area contributed by atoms with Gasteiger partial charge in [-0.25, -0.2) is 0 Å². The molecule has 2 aliphatic rings. The highest BCUT2D eigenvalue weighted by Gasteiger charge is 2.36. The van der Waals surface area contributed by atoms with E-state index in [9.17, 15) is 32.7 Å². The summed E-state index contributed by atoms with van der Waals surface area (Å²) in [6.45, 7) is 2.07. The number of phenolic OH excluding ortho intramolecular Hbond substituents is 1. The number of Topliss-reactive ketones (excluding diaryl/α,β-unsaturated/α-hetero) is 2. The van der Waals surface area contributed by atoms with Gasteiger partial charge in [-0.15, -0.1) is 0 Å². The fourth-order valence-corrected chi connectivity index (χ4v) is 8.20. The number of para-hydroxylation sites is 1. The Morgan fingerprint density at radius 3 is 2.35 bits per heavy atom. The van der Waals surface area contributed by atoms with Crippen molar-refractivity contribution in [1.29, 1.82) is 0 Å². The van der Waals surface area contributed by atoms with Crippen LogP contribution in [0, 0.1) is 18.8 Å². The zero-order valence-electron chi connectivity index (χ0n) is 31.0. The summed E-state index contributed by atoms with van der Waals surface area (Å²) < 4.78 is 36.6. The lowest BCUT2D eigenvalue weighted by Crippen LogP contribution is -2.48. The third-order valence-electron chi connectivity index (χ3n) is 10.3. The molecule has 12 heteroatoms. The minimum atomic E-state index is -3.94. The Labute approximate surface area is 318 Å². The number of carbonyl (C=O) groups excluding carboxylic acids is 4. The Balaban J connectivity index is 1.29. The monoisotopic (exact) mass is 760 g/mol. The van der Waals surface area contributed by atoms with E-state index in [1.807, 2.05) is 13.0 Å². The molecule has 1 heterocycles.